The lowest BCUT2D eigenvalue weighted by Gasteiger charge is -2.25. The minimum Gasteiger partial charge on any atom is -0.478 e. The minimum absolute atomic E-state index is 0.0150. The van der Waals surface area contributed by atoms with Crippen LogP contribution in [0.5, 0.6) is 0 Å². The first kappa shape index (κ1) is 33.2. The predicted octanol–water partition coefficient (Wildman–Crippen LogP) is 1.77. The monoisotopic (exact) mass is 657 g/mol. The van der Waals surface area contributed by atoms with Gasteiger partial charge in [0.25, 0.3) is 0 Å². The fourth-order valence-corrected chi connectivity index (χ4v) is 6.07. The van der Waals surface area contributed by atoms with Gasteiger partial charge in [0.1, 0.15) is 42.1 Å². The van der Waals surface area contributed by atoms with Crippen molar-refractivity contribution >= 4 is 34.6 Å². The number of rotatable bonds is 7. The molecule has 8 atom stereocenters. The first-order valence-corrected chi connectivity index (χ1v) is 14.3. The second kappa shape index (κ2) is 12.6. The molecule has 0 amide bonds. The van der Waals surface area contributed by atoms with Crippen LogP contribution in [-0.4, -0.2) is 92.8 Å². The highest BCUT2D eigenvalue weighted by atomic mass is 19.1. The smallest absolute Gasteiger partial charge is 0.338 e. The third-order valence-corrected chi connectivity index (χ3v) is 8.89. The molecule has 2 fully saturated rings. The summed E-state index contributed by atoms with van der Waals surface area (Å²) in [5, 5.41) is 49.4. The lowest BCUT2D eigenvalue weighted by Crippen LogP contribution is -2.36. The molecule has 0 bridgehead atoms. The number of aliphatic hydroxyl groups is 2. The summed E-state index contributed by atoms with van der Waals surface area (Å²) in [6.45, 7) is 4.48. The van der Waals surface area contributed by atoms with E-state index >= 15 is 0 Å². The van der Waals surface area contributed by atoms with Gasteiger partial charge in [0.2, 0.25) is 0 Å². The number of nitrogens with zero attached hydrogens (tertiary/aromatic N) is 9. The van der Waals surface area contributed by atoms with Gasteiger partial charge >= 0.3 is 11.9 Å². The molecular weight excluding hydrogens is 625 g/mol. The van der Waals surface area contributed by atoms with Crippen molar-refractivity contribution in [2.45, 2.75) is 51.0 Å². The molecule has 2 aliphatic rings. The Morgan fingerprint density at radius 3 is 1.91 bits per heavy atom. The molecular formula is C27H32FN11O8. The van der Waals surface area contributed by atoms with Crippen LogP contribution in [0.25, 0.3) is 21.5 Å². The Hall–Kier alpha value is -5.14. The van der Waals surface area contributed by atoms with Crippen LogP contribution in [0.3, 0.4) is 0 Å². The molecule has 0 radical (unpaired) electrons. The molecule has 0 aromatic carbocycles. The van der Waals surface area contributed by atoms with Crippen LogP contribution in [0.1, 0.15) is 65.1 Å². The van der Waals surface area contributed by atoms with E-state index in [0.29, 0.717) is 5.69 Å². The lowest BCUT2D eigenvalue weighted by molar-refractivity contribution is -0.0865. The topological polar surface area (TPSA) is 295 Å². The van der Waals surface area contributed by atoms with Gasteiger partial charge in [-0.25, -0.2) is 33.0 Å². The zero-order chi connectivity index (χ0) is 34.4. The Bertz CT molecular complexity index is 1900. The Labute approximate surface area is 264 Å². The van der Waals surface area contributed by atoms with Crippen LogP contribution >= 0.6 is 0 Å². The standard InChI is InChI=1S/C14H17N7O4.C13H15FN4O4/c1-6-7(2)14(4-22,19-20-16)25-11(6)9-3-8(13(23)24)10-12(15)17-5-18-21(9)10;1-5-8(3-19)22-11(9(5)14)7-2-6(13(20)21)10-12(15)16-4-17-18(7)10/h3,5-7,11,22H,4H2,1-2H3,(H,23,24)(H2,15,17,18);2,4-5,8-9,11,19H,3H2,1H3,(H,20,21)(H2,15,16,17)/t6-,7+,11-,14-;5-,8-,9+,11+/m11/s1. The van der Waals surface area contributed by atoms with E-state index in [-0.39, 0.29) is 57.9 Å². The van der Waals surface area contributed by atoms with E-state index in [1.54, 1.807) is 13.8 Å². The van der Waals surface area contributed by atoms with E-state index in [1.165, 1.54) is 27.5 Å². The number of halogens is 1. The number of hydrogen-bond acceptors (Lipinski definition) is 13. The van der Waals surface area contributed by atoms with Gasteiger partial charge in [0, 0.05) is 10.8 Å². The fraction of sp³-hybridized carbons (Fsp3) is 0.481. The van der Waals surface area contributed by atoms with Crippen molar-refractivity contribution < 1.29 is 43.9 Å². The van der Waals surface area contributed by atoms with Gasteiger partial charge in [-0.1, -0.05) is 25.9 Å². The average molecular weight is 658 g/mol. The molecule has 0 aliphatic carbocycles. The van der Waals surface area contributed by atoms with Crippen LogP contribution in [0, 0.1) is 17.8 Å². The summed E-state index contributed by atoms with van der Waals surface area (Å²) in [5.74, 6) is -3.39. The summed E-state index contributed by atoms with van der Waals surface area (Å²) in [5.41, 5.74) is 19.7. The molecule has 0 spiro atoms. The first-order valence-electron chi connectivity index (χ1n) is 14.3. The Balaban J connectivity index is 0.000000186. The molecule has 6 heterocycles. The number of ether oxygens (including phenoxy) is 2. The number of carbonyl (C=O) groups is 2. The fourth-order valence-electron chi connectivity index (χ4n) is 6.07. The van der Waals surface area contributed by atoms with Crippen LogP contribution in [0.4, 0.5) is 16.0 Å². The number of nitrogens with two attached hydrogens (primary N) is 2. The molecule has 20 heteroatoms. The third-order valence-electron chi connectivity index (χ3n) is 8.89. The number of aromatic carboxylic acids is 2. The molecule has 47 heavy (non-hydrogen) atoms. The summed E-state index contributed by atoms with van der Waals surface area (Å²) in [6, 6.07) is 2.70. The summed E-state index contributed by atoms with van der Waals surface area (Å²) in [6.07, 6.45) is -1.35. The van der Waals surface area contributed by atoms with E-state index in [2.05, 4.69) is 30.2 Å². The molecule has 6 rings (SSSR count). The predicted molar refractivity (Wildman–Crippen MR) is 159 cm³/mol. The number of aliphatic hydroxyl groups excluding tert-OH is 2. The SMILES string of the molecule is C[C@H]1[C@H](F)[C@H](c2cc(C(=O)O)c3c(N)ncnn23)O[C@@H]1CO.C[C@H]1[C@H](c2cc(C(=O)O)c3c(N)ncnn23)O[C@@](CO)(N=[N+]=[N-])[C@H]1C. The maximum atomic E-state index is 14.5. The normalized spacial score (nSPS) is 28.6. The van der Waals surface area contributed by atoms with Crippen molar-refractivity contribution in [2.75, 3.05) is 24.7 Å². The number of nitrogen functional groups attached to an aromatic ring is 2. The van der Waals surface area contributed by atoms with Crippen molar-refractivity contribution in [3.8, 4) is 0 Å². The number of anilines is 2. The van der Waals surface area contributed by atoms with E-state index < -0.39 is 54.7 Å². The molecule has 2 aliphatic heterocycles. The number of hydrogen-bond donors (Lipinski definition) is 6. The summed E-state index contributed by atoms with van der Waals surface area (Å²) >= 11 is 0. The third kappa shape index (κ3) is 5.40. The first-order chi connectivity index (χ1) is 22.3. The van der Waals surface area contributed by atoms with E-state index in [4.69, 9.17) is 26.5 Å². The number of azide groups is 1. The second-order valence-corrected chi connectivity index (χ2v) is 11.3. The van der Waals surface area contributed by atoms with Crippen molar-refractivity contribution in [3.05, 3.63) is 57.7 Å². The van der Waals surface area contributed by atoms with Crippen molar-refractivity contribution in [1.82, 2.24) is 29.2 Å². The van der Waals surface area contributed by atoms with E-state index in [0.717, 1.165) is 6.33 Å². The van der Waals surface area contributed by atoms with Crippen LogP contribution < -0.4 is 11.5 Å². The summed E-state index contributed by atoms with van der Waals surface area (Å²) in [4.78, 5) is 33.3. The van der Waals surface area contributed by atoms with Gasteiger partial charge in [0.15, 0.2) is 17.4 Å². The Morgan fingerprint density at radius 1 is 0.979 bits per heavy atom. The number of carboxylic acid groups (broad SMARTS) is 2. The van der Waals surface area contributed by atoms with Gasteiger partial charge in [0.05, 0.1) is 41.8 Å². The van der Waals surface area contributed by atoms with E-state index in [9.17, 15) is 34.4 Å². The number of alkyl halides is 1. The zero-order valence-electron chi connectivity index (χ0n) is 25.2. The Morgan fingerprint density at radius 2 is 1.49 bits per heavy atom. The van der Waals surface area contributed by atoms with Crippen molar-refractivity contribution in [1.29, 1.82) is 0 Å². The van der Waals surface area contributed by atoms with Gasteiger partial charge in [-0.05, 0) is 29.5 Å². The molecule has 4 aromatic heterocycles. The molecule has 19 nitrogen and oxygen atoms in total. The lowest BCUT2D eigenvalue weighted by atomic mass is 9.86. The highest BCUT2D eigenvalue weighted by Gasteiger charge is 2.52. The van der Waals surface area contributed by atoms with Crippen molar-refractivity contribution in [3.63, 3.8) is 0 Å². The maximum absolute atomic E-state index is 14.5. The summed E-state index contributed by atoms with van der Waals surface area (Å²) < 4.78 is 28.5. The summed E-state index contributed by atoms with van der Waals surface area (Å²) in [7, 11) is 0. The second-order valence-electron chi connectivity index (χ2n) is 11.3. The van der Waals surface area contributed by atoms with Crippen LogP contribution in [-0.2, 0) is 9.47 Å². The van der Waals surface area contributed by atoms with Gasteiger partial charge in [-0.15, -0.1) is 0 Å². The number of carboxylic acids is 2. The van der Waals surface area contributed by atoms with Crippen LogP contribution in [0.15, 0.2) is 29.9 Å². The maximum Gasteiger partial charge on any atom is 0.338 e. The highest BCUT2D eigenvalue weighted by Crippen LogP contribution is 2.49. The molecule has 0 saturated carbocycles. The number of fused-ring (bicyclic) bond motifs is 2. The quantitative estimate of drug-likeness (QED) is 0.0938. The van der Waals surface area contributed by atoms with Gasteiger partial charge in [-0.3, -0.25) is 0 Å². The molecule has 250 valence electrons. The molecule has 0 unspecified atom stereocenters. The highest BCUT2D eigenvalue weighted by molar-refractivity contribution is 6.00. The van der Waals surface area contributed by atoms with Gasteiger partial charge < -0.3 is 41.4 Å². The van der Waals surface area contributed by atoms with Gasteiger partial charge in [-0.2, -0.15) is 10.2 Å². The molecule has 2 saturated heterocycles. The molecule has 4 aromatic rings. The molecule has 8 N–H and O–H groups in total. The van der Waals surface area contributed by atoms with E-state index in [1.807, 2.05) is 6.92 Å². The Kier molecular flexibility index (Phi) is 8.89. The minimum atomic E-state index is -1.43. The average Bonchev–Trinajstić information content (AvgIpc) is 3.77. The number of aromatic nitrogens is 6. The van der Waals surface area contributed by atoms with Crippen LogP contribution in [0.2, 0.25) is 0 Å². The van der Waals surface area contributed by atoms with Crippen molar-refractivity contribution in [2.24, 2.45) is 22.9 Å². The zero-order valence-corrected chi connectivity index (χ0v) is 25.2. The largest absolute Gasteiger partial charge is 0.478 e.